The van der Waals surface area contributed by atoms with E-state index < -0.39 is 46.0 Å². The Kier molecular flexibility index (Phi) is 14.1. The van der Waals surface area contributed by atoms with E-state index in [2.05, 4.69) is 78.2 Å². The largest absolute Gasteiger partial charge is 0.294 e. The summed E-state index contributed by atoms with van der Waals surface area (Å²) in [6, 6.07) is 45.0. The summed E-state index contributed by atoms with van der Waals surface area (Å²) in [6.45, 7) is 7.83. The quantitative estimate of drug-likeness (QED) is 0.0700. The first-order valence-electron chi connectivity index (χ1n) is 20.6. The van der Waals surface area contributed by atoms with Gasteiger partial charge in [-0.1, -0.05) is 127 Å². The number of carbonyl (C=O) groups excluding carboxylic acids is 2. The number of benzene rings is 6. The third-order valence-electron chi connectivity index (χ3n) is 11.2. The number of hydrogen-bond donors (Lipinski definition) is 0. The van der Waals surface area contributed by atoms with Crippen molar-refractivity contribution < 1.29 is 31.7 Å². The maximum absolute atomic E-state index is 13.9. The highest BCUT2D eigenvalue weighted by atomic mass is 19.1. The molecule has 8 rings (SSSR count). The van der Waals surface area contributed by atoms with Gasteiger partial charge in [0.05, 0.1) is 11.1 Å². The van der Waals surface area contributed by atoms with Gasteiger partial charge in [-0.25, -0.2) is 22.1 Å². The number of Topliss-reactive ketones (excluding diaryl/α,β-unsaturated/α-hetero) is 2. The van der Waals surface area contributed by atoms with Crippen LogP contribution in [0.4, 0.5) is 17.6 Å². The molecule has 7 aromatic rings. The molecule has 0 N–H and O–H groups in total. The van der Waals surface area contributed by atoms with Crippen molar-refractivity contribution >= 4 is 17.1 Å². The number of ketones is 2. The highest BCUT2D eigenvalue weighted by molar-refractivity contribution is 5.98. The van der Waals surface area contributed by atoms with Crippen LogP contribution in [-0.4, -0.2) is 29.6 Å². The lowest BCUT2D eigenvalue weighted by Crippen LogP contribution is -2.33. The van der Waals surface area contributed by atoms with E-state index in [1.165, 1.54) is 34.4 Å². The van der Waals surface area contributed by atoms with Gasteiger partial charge < -0.3 is 0 Å². The monoisotopic (exact) mass is 831 g/mol. The van der Waals surface area contributed by atoms with E-state index in [9.17, 15) is 27.2 Å². The fourth-order valence-electron chi connectivity index (χ4n) is 7.73. The summed E-state index contributed by atoms with van der Waals surface area (Å²) in [5.41, 5.74) is 10.1. The minimum atomic E-state index is -0.829. The average molecular weight is 832 g/mol. The Balaban J connectivity index is 0.000000186. The maximum atomic E-state index is 13.9. The molecule has 0 spiro atoms. The van der Waals surface area contributed by atoms with Gasteiger partial charge in [-0.15, -0.1) is 0 Å². The predicted octanol–water partition coefficient (Wildman–Crippen LogP) is 11.8. The number of nitrogens with zero attached hydrogens (tertiary/aromatic N) is 2. The first-order chi connectivity index (χ1) is 30.0. The average Bonchev–Trinajstić information content (AvgIpc) is 3.26. The SMILES string of the molecule is CC1=C(c2ccc(CC(=O)c3c(F)cccc3F)cc2)CN(Cc2ccccc2)CC1.Cc1cc[n+](Cc2ccccc2)cc1-c1ccc(CC(=O)c2c(F)cccc2F)cc1. The van der Waals surface area contributed by atoms with Crippen molar-refractivity contribution in [2.24, 2.45) is 0 Å². The Labute approximate surface area is 360 Å². The smallest absolute Gasteiger partial charge is 0.177 e. The van der Waals surface area contributed by atoms with Gasteiger partial charge in [-0.2, -0.15) is 0 Å². The van der Waals surface area contributed by atoms with E-state index in [0.717, 1.165) is 84.7 Å². The lowest BCUT2D eigenvalue weighted by Gasteiger charge is -2.30. The fraction of sp³-hybridized carbons (Fsp3) is 0.167. The van der Waals surface area contributed by atoms with E-state index in [1.807, 2.05) is 72.8 Å². The van der Waals surface area contributed by atoms with Crippen molar-refractivity contribution in [1.82, 2.24) is 4.90 Å². The molecule has 0 bridgehead atoms. The van der Waals surface area contributed by atoms with Crippen LogP contribution in [0.2, 0.25) is 0 Å². The number of aromatic nitrogens is 1. The molecule has 1 aromatic heterocycles. The summed E-state index contributed by atoms with van der Waals surface area (Å²) >= 11 is 0. The number of carbonyl (C=O) groups is 2. The van der Waals surface area contributed by atoms with Gasteiger partial charge in [-0.3, -0.25) is 14.5 Å². The van der Waals surface area contributed by atoms with Gasteiger partial charge in [-0.05, 0) is 83.5 Å². The highest BCUT2D eigenvalue weighted by Crippen LogP contribution is 2.28. The molecule has 0 fully saturated rings. The molecular weight excluding hydrogens is 785 g/mol. The van der Waals surface area contributed by atoms with Gasteiger partial charge in [0.15, 0.2) is 30.5 Å². The molecule has 1 aliphatic heterocycles. The van der Waals surface area contributed by atoms with E-state index in [4.69, 9.17) is 0 Å². The molecule has 0 saturated heterocycles. The Morgan fingerprint density at radius 2 is 1.03 bits per heavy atom. The molecule has 0 aliphatic carbocycles. The molecule has 4 nitrogen and oxygen atoms in total. The van der Waals surface area contributed by atoms with Crippen LogP contribution in [-0.2, 0) is 25.9 Å². The van der Waals surface area contributed by atoms with E-state index in [-0.39, 0.29) is 12.8 Å². The van der Waals surface area contributed by atoms with Crippen LogP contribution < -0.4 is 4.57 Å². The van der Waals surface area contributed by atoms with Crippen LogP contribution in [0.15, 0.2) is 170 Å². The van der Waals surface area contributed by atoms with Crippen LogP contribution in [0.1, 0.15) is 67.4 Å². The molecular formula is C54H47F4N2O2+. The first-order valence-corrected chi connectivity index (χ1v) is 20.6. The van der Waals surface area contributed by atoms with Crippen molar-refractivity contribution in [3.63, 3.8) is 0 Å². The van der Waals surface area contributed by atoms with E-state index in [1.54, 1.807) is 0 Å². The molecule has 2 heterocycles. The second-order valence-corrected chi connectivity index (χ2v) is 15.7. The minimum Gasteiger partial charge on any atom is -0.294 e. The van der Waals surface area contributed by atoms with Crippen molar-refractivity contribution in [2.75, 3.05) is 13.1 Å². The Morgan fingerprint density at radius 3 is 1.55 bits per heavy atom. The van der Waals surface area contributed by atoms with Crippen molar-refractivity contribution in [3.8, 4) is 11.1 Å². The molecule has 0 amide bonds. The van der Waals surface area contributed by atoms with Crippen LogP contribution in [0.5, 0.6) is 0 Å². The van der Waals surface area contributed by atoms with E-state index in [0.29, 0.717) is 5.56 Å². The Morgan fingerprint density at radius 1 is 0.548 bits per heavy atom. The van der Waals surface area contributed by atoms with Gasteiger partial charge in [0.25, 0.3) is 0 Å². The summed E-state index contributed by atoms with van der Waals surface area (Å²) in [7, 11) is 0. The van der Waals surface area contributed by atoms with Crippen molar-refractivity contribution in [2.45, 2.75) is 46.2 Å². The standard InChI is InChI=1S/C27H25F2NO.C27H22F2NO/c2*1-19-14-15-30(17-21-6-3-2-4-7-21)18-23(19)22-12-10-20(11-13-22)16-26(31)27-24(28)8-5-9-25(27)29/h2-13H,14-18H2,1H3;2-15,18H,16-17H2,1H3/q;+1. The van der Waals surface area contributed by atoms with Crippen LogP contribution in [0, 0.1) is 30.2 Å². The third kappa shape index (κ3) is 10.9. The lowest BCUT2D eigenvalue weighted by atomic mass is 9.93. The molecule has 0 saturated carbocycles. The van der Waals surface area contributed by atoms with Gasteiger partial charge in [0.2, 0.25) is 0 Å². The maximum Gasteiger partial charge on any atom is 0.177 e. The predicted molar refractivity (Wildman–Crippen MR) is 237 cm³/mol. The van der Waals surface area contributed by atoms with Gasteiger partial charge in [0, 0.05) is 49.7 Å². The Hall–Kier alpha value is -6.77. The topological polar surface area (TPSA) is 41.3 Å². The van der Waals surface area contributed by atoms with Crippen LogP contribution in [0.25, 0.3) is 16.7 Å². The summed E-state index contributed by atoms with van der Waals surface area (Å²) in [5, 5.41) is 0. The second-order valence-electron chi connectivity index (χ2n) is 15.7. The summed E-state index contributed by atoms with van der Waals surface area (Å²) in [5.74, 6) is -4.41. The molecule has 0 unspecified atom stereocenters. The lowest BCUT2D eigenvalue weighted by molar-refractivity contribution is -0.687. The molecule has 1 aliphatic rings. The van der Waals surface area contributed by atoms with E-state index >= 15 is 0 Å². The van der Waals surface area contributed by atoms with Crippen LogP contribution in [0.3, 0.4) is 0 Å². The van der Waals surface area contributed by atoms with Crippen molar-refractivity contribution in [1.29, 1.82) is 0 Å². The highest BCUT2D eigenvalue weighted by Gasteiger charge is 2.21. The zero-order valence-corrected chi connectivity index (χ0v) is 34.8. The third-order valence-corrected chi connectivity index (χ3v) is 11.2. The molecule has 312 valence electrons. The fourth-order valence-corrected chi connectivity index (χ4v) is 7.73. The number of rotatable bonds is 12. The Bertz CT molecular complexity index is 2660. The molecule has 8 heteroatoms. The number of hydrogen-bond acceptors (Lipinski definition) is 3. The molecule has 0 radical (unpaired) electrons. The second kappa shape index (κ2) is 20.2. The minimum absolute atomic E-state index is 0.0315. The normalized spacial score (nSPS) is 12.7. The molecule has 0 atom stereocenters. The summed E-state index contributed by atoms with van der Waals surface area (Å²) < 4.78 is 57.6. The molecule has 6 aromatic carbocycles. The van der Waals surface area contributed by atoms with Crippen molar-refractivity contribution in [3.05, 3.63) is 237 Å². The summed E-state index contributed by atoms with van der Waals surface area (Å²) in [4.78, 5) is 27.3. The summed E-state index contributed by atoms with van der Waals surface area (Å²) in [6.07, 6.45) is 5.10. The number of pyridine rings is 1. The zero-order valence-electron chi connectivity index (χ0n) is 34.8. The van der Waals surface area contributed by atoms with Crippen LogP contribution >= 0.6 is 0 Å². The van der Waals surface area contributed by atoms with Gasteiger partial charge in [0.1, 0.15) is 23.3 Å². The van der Waals surface area contributed by atoms with Gasteiger partial charge >= 0.3 is 0 Å². The molecule has 62 heavy (non-hydrogen) atoms. The first kappa shape index (κ1) is 43.3. The number of halogens is 4. The zero-order chi connectivity index (χ0) is 43.6. The number of aryl methyl sites for hydroxylation is 1.